The lowest BCUT2D eigenvalue weighted by Gasteiger charge is -2.56. The minimum atomic E-state index is -1.07. The first-order valence-electron chi connectivity index (χ1n) is 12.6. The number of nitrogens with one attached hydrogen (secondary N) is 2. The number of hydrogen-bond donors (Lipinski definition) is 3. The number of carboxylic acid groups (broad SMARTS) is 1. The van der Waals surface area contributed by atoms with Gasteiger partial charge in [0.2, 0.25) is 0 Å². The molecule has 0 spiro atoms. The number of aromatic amines is 1. The summed E-state index contributed by atoms with van der Waals surface area (Å²) in [5.74, 6) is 1.03. The summed E-state index contributed by atoms with van der Waals surface area (Å²) in [6.07, 6.45) is 7.14. The Morgan fingerprint density at radius 3 is 2.27 bits per heavy atom. The third-order valence-corrected chi connectivity index (χ3v) is 8.70. The zero-order chi connectivity index (χ0) is 25.7. The van der Waals surface area contributed by atoms with Crippen LogP contribution in [0.3, 0.4) is 0 Å². The SMILES string of the molecule is O=C(O)c1cccc(NC(=O)c2nc(-c3c(Cl)cccc3Cl)[nH]c2COC23CC4CC(CC(C4)C2)C3)c1. The molecule has 2 aromatic carbocycles. The molecule has 0 unspecified atom stereocenters. The smallest absolute Gasteiger partial charge is 0.335 e. The van der Waals surface area contributed by atoms with Gasteiger partial charge in [-0.1, -0.05) is 35.3 Å². The summed E-state index contributed by atoms with van der Waals surface area (Å²) in [6.45, 7) is 0.207. The Balaban J connectivity index is 1.31. The molecule has 4 saturated carbocycles. The Kier molecular flexibility index (Phi) is 6.25. The van der Waals surface area contributed by atoms with Crippen LogP contribution in [-0.2, 0) is 11.3 Å². The summed E-state index contributed by atoms with van der Waals surface area (Å²) < 4.78 is 6.63. The van der Waals surface area contributed by atoms with Crippen molar-refractivity contribution in [2.75, 3.05) is 5.32 Å². The Bertz CT molecular complexity index is 1330. The van der Waals surface area contributed by atoms with Gasteiger partial charge in [-0.15, -0.1) is 0 Å². The summed E-state index contributed by atoms with van der Waals surface area (Å²) in [4.78, 5) is 32.6. The first-order valence-corrected chi connectivity index (χ1v) is 13.4. The Labute approximate surface area is 224 Å². The number of aromatic nitrogens is 2. The fraction of sp³-hybridized carbons (Fsp3) is 0.393. The van der Waals surface area contributed by atoms with E-state index in [0.717, 1.165) is 37.0 Å². The molecule has 7 rings (SSSR count). The summed E-state index contributed by atoms with van der Waals surface area (Å²) in [6, 6.07) is 11.3. The number of imidazole rings is 1. The van der Waals surface area contributed by atoms with Crippen molar-refractivity contribution in [3.63, 3.8) is 0 Å². The molecule has 192 valence electrons. The molecule has 37 heavy (non-hydrogen) atoms. The minimum Gasteiger partial charge on any atom is -0.478 e. The number of carboxylic acids is 1. The number of benzene rings is 2. The number of amides is 1. The lowest BCUT2D eigenvalue weighted by molar-refractivity contribution is -0.169. The maximum absolute atomic E-state index is 13.4. The van der Waals surface area contributed by atoms with Crippen LogP contribution in [0.5, 0.6) is 0 Å². The van der Waals surface area contributed by atoms with Gasteiger partial charge in [0.1, 0.15) is 5.82 Å². The van der Waals surface area contributed by atoms with E-state index < -0.39 is 11.9 Å². The van der Waals surface area contributed by atoms with Crippen molar-refractivity contribution < 1.29 is 19.4 Å². The third-order valence-electron chi connectivity index (χ3n) is 8.07. The van der Waals surface area contributed by atoms with E-state index in [1.165, 1.54) is 31.4 Å². The van der Waals surface area contributed by atoms with Crippen molar-refractivity contribution in [1.82, 2.24) is 9.97 Å². The molecule has 1 amide bonds. The van der Waals surface area contributed by atoms with E-state index in [-0.39, 0.29) is 23.5 Å². The lowest BCUT2D eigenvalue weighted by Crippen LogP contribution is -2.51. The molecule has 4 aliphatic carbocycles. The number of nitrogens with zero attached hydrogens (tertiary/aromatic N) is 1. The molecule has 1 aromatic heterocycles. The van der Waals surface area contributed by atoms with Gasteiger partial charge in [-0.3, -0.25) is 4.79 Å². The molecule has 3 aromatic rings. The molecule has 4 fully saturated rings. The molecule has 4 aliphatic rings. The number of ether oxygens (including phenoxy) is 1. The number of rotatable bonds is 7. The van der Waals surface area contributed by atoms with Gasteiger partial charge in [0.05, 0.1) is 39.1 Å². The summed E-state index contributed by atoms with van der Waals surface area (Å²) in [5.41, 5.74) is 1.50. The normalized spacial score (nSPS) is 25.8. The van der Waals surface area contributed by atoms with Crippen LogP contribution in [0.4, 0.5) is 5.69 Å². The Hall–Kier alpha value is -2.87. The van der Waals surface area contributed by atoms with Gasteiger partial charge in [0.25, 0.3) is 5.91 Å². The van der Waals surface area contributed by atoms with Gasteiger partial charge in [-0.2, -0.15) is 0 Å². The molecule has 0 saturated heterocycles. The molecule has 4 bridgehead atoms. The Morgan fingerprint density at radius 2 is 1.65 bits per heavy atom. The fourth-order valence-corrected chi connectivity index (χ4v) is 7.47. The molecular formula is C28H27Cl2N3O4. The minimum absolute atomic E-state index is 0.0775. The van der Waals surface area contributed by atoms with E-state index in [1.807, 2.05) is 0 Å². The zero-order valence-electron chi connectivity index (χ0n) is 20.1. The predicted molar refractivity (Wildman–Crippen MR) is 141 cm³/mol. The van der Waals surface area contributed by atoms with Crippen LogP contribution >= 0.6 is 23.2 Å². The van der Waals surface area contributed by atoms with Crippen molar-refractivity contribution in [1.29, 1.82) is 0 Å². The quantitative estimate of drug-likeness (QED) is 0.305. The second-order valence-electron chi connectivity index (χ2n) is 10.7. The van der Waals surface area contributed by atoms with Gasteiger partial charge in [-0.05, 0) is 86.6 Å². The molecule has 0 atom stereocenters. The fourth-order valence-electron chi connectivity index (χ4n) is 6.90. The van der Waals surface area contributed by atoms with Crippen LogP contribution < -0.4 is 5.32 Å². The number of carbonyl (C=O) groups excluding carboxylic acids is 1. The first-order chi connectivity index (χ1) is 17.8. The van der Waals surface area contributed by atoms with E-state index in [1.54, 1.807) is 30.3 Å². The van der Waals surface area contributed by atoms with E-state index >= 15 is 0 Å². The second-order valence-corrected chi connectivity index (χ2v) is 11.6. The molecule has 1 heterocycles. The van der Waals surface area contributed by atoms with Crippen LogP contribution in [0.2, 0.25) is 10.0 Å². The number of hydrogen-bond acceptors (Lipinski definition) is 4. The predicted octanol–water partition coefficient (Wildman–Crippen LogP) is 6.82. The van der Waals surface area contributed by atoms with Crippen molar-refractivity contribution in [2.45, 2.75) is 50.7 Å². The highest BCUT2D eigenvalue weighted by atomic mass is 35.5. The standard InChI is InChI=1S/C28H27Cl2N3O4/c29-20-5-2-6-21(30)23(20)25-32-22(14-37-28-11-15-7-16(12-28)9-17(8-15)13-28)24(33-25)26(34)31-19-4-1-3-18(10-19)27(35)36/h1-6,10,15-17H,7-9,11-14H2,(H,31,34)(H,32,33)(H,35,36). The average molecular weight is 540 g/mol. The molecule has 7 nitrogen and oxygen atoms in total. The number of halogens is 2. The average Bonchev–Trinajstić information content (AvgIpc) is 3.26. The topological polar surface area (TPSA) is 104 Å². The second kappa shape index (κ2) is 9.46. The monoisotopic (exact) mass is 539 g/mol. The molecule has 3 N–H and O–H groups in total. The largest absolute Gasteiger partial charge is 0.478 e. The third kappa shape index (κ3) is 4.76. The Morgan fingerprint density at radius 1 is 1.03 bits per heavy atom. The van der Waals surface area contributed by atoms with Gasteiger partial charge >= 0.3 is 5.97 Å². The van der Waals surface area contributed by atoms with Crippen molar-refractivity contribution in [3.05, 3.63) is 69.5 Å². The van der Waals surface area contributed by atoms with E-state index in [4.69, 9.17) is 27.9 Å². The highest BCUT2D eigenvalue weighted by Gasteiger charge is 2.51. The van der Waals surface area contributed by atoms with Crippen molar-refractivity contribution >= 4 is 40.8 Å². The van der Waals surface area contributed by atoms with Crippen LogP contribution in [0.15, 0.2) is 42.5 Å². The number of aromatic carboxylic acids is 1. The van der Waals surface area contributed by atoms with Gasteiger partial charge in [0.15, 0.2) is 5.69 Å². The van der Waals surface area contributed by atoms with E-state index in [0.29, 0.717) is 32.8 Å². The highest BCUT2D eigenvalue weighted by molar-refractivity contribution is 6.39. The van der Waals surface area contributed by atoms with E-state index in [9.17, 15) is 14.7 Å². The number of H-pyrrole nitrogens is 1. The van der Waals surface area contributed by atoms with Crippen LogP contribution in [-0.4, -0.2) is 32.6 Å². The summed E-state index contributed by atoms with van der Waals surface area (Å²) in [5, 5.41) is 12.9. The van der Waals surface area contributed by atoms with Crippen LogP contribution in [0, 0.1) is 17.8 Å². The molecule has 9 heteroatoms. The van der Waals surface area contributed by atoms with Crippen LogP contribution in [0.25, 0.3) is 11.4 Å². The maximum atomic E-state index is 13.4. The molecule has 0 radical (unpaired) electrons. The van der Waals surface area contributed by atoms with Crippen LogP contribution in [0.1, 0.15) is 65.1 Å². The van der Waals surface area contributed by atoms with Crippen molar-refractivity contribution in [3.8, 4) is 11.4 Å². The number of anilines is 1. The van der Waals surface area contributed by atoms with Crippen molar-refractivity contribution in [2.24, 2.45) is 17.8 Å². The van der Waals surface area contributed by atoms with E-state index in [2.05, 4.69) is 15.3 Å². The number of carbonyl (C=O) groups is 2. The van der Waals surface area contributed by atoms with Gasteiger partial charge in [-0.25, -0.2) is 9.78 Å². The molecular weight excluding hydrogens is 513 g/mol. The van der Waals surface area contributed by atoms with Gasteiger partial charge < -0.3 is 20.1 Å². The lowest BCUT2D eigenvalue weighted by atomic mass is 9.54. The maximum Gasteiger partial charge on any atom is 0.335 e. The first kappa shape index (κ1) is 24.5. The summed E-state index contributed by atoms with van der Waals surface area (Å²) in [7, 11) is 0. The zero-order valence-corrected chi connectivity index (χ0v) is 21.6. The summed E-state index contributed by atoms with van der Waals surface area (Å²) >= 11 is 12.9. The van der Waals surface area contributed by atoms with Gasteiger partial charge in [0, 0.05) is 5.69 Å². The highest BCUT2D eigenvalue weighted by Crippen LogP contribution is 2.57. The molecule has 0 aliphatic heterocycles.